The van der Waals surface area contributed by atoms with Crippen LogP contribution in [0.4, 0.5) is 4.39 Å². The first-order chi connectivity index (χ1) is 14.6. The monoisotopic (exact) mass is 401 g/mol. The van der Waals surface area contributed by atoms with Gasteiger partial charge in [-0.05, 0) is 65.7 Å². The number of halogens is 1. The number of carbonyl (C=O) groups is 1. The molecule has 0 radical (unpaired) electrons. The minimum Gasteiger partial charge on any atom is -0.497 e. The Bertz CT molecular complexity index is 1210. The normalized spacial score (nSPS) is 11.1. The zero-order valence-corrected chi connectivity index (χ0v) is 16.4. The Morgan fingerprint density at radius 3 is 2.70 bits per heavy atom. The van der Waals surface area contributed by atoms with Crippen LogP contribution in [0.2, 0.25) is 0 Å². The number of hydrogen-bond donors (Lipinski definition) is 1. The van der Waals surface area contributed by atoms with Crippen molar-refractivity contribution in [3.05, 3.63) is 102 Å². The quantitative estimate of drug-likeness (QED) is 0.379. The number of hydrazone groups is 1. The number of nitrogens with zero attached hydrogens (tertiary/aromatic N) is 2. The van der Waals surface area contributed by atoms with E-state index in [1.165, 1.54) is 6.07 Å². The summed E-state index contributed by atoms with van der Waals surface area (Å²) in [6.07, 6.45) is 3.58. The van der Waals surface area contributed by atoms with E-state index in [1.807, 2.05) is 36.5 Å². The lowest BCUT2D eigenvalue weighted by molar-refractivity contribution is 0.0955. The van der Waals surface area contributed by atoms with Crippen LogP contribution in [0.1, 0.15) is 21.5 Å². The minimum atomic E-state index is -0.295. The van der Waals surface area contributed by atoms with Crippen LogP contribution in [0, 0.1) is 5.82 Å². The van der Waals surface area contributed by atoms with Crippen LogP contribution in [0.15, 0.2) is 84.1 Å². The number of benzene rings is 3. The molecule has 0 unspecified atom stereocenters. The Hall–Kier alpha value is -3.93. The number of aromatic nitrogens is 1. The third-order valence-corrected chi connectivity index (χ3v) is 4.77. The second-order valence-corrected chi connectivity index (χ2v) is 6.82. The Morgan fingerprint density at radius 1 is 1.10 bits per heavy atom. The van der Waals surface area contributed by atoms with Gasteiger partial charge in [0.2, 0.25) is 0 Å². The molecule has 0 bridgehead atoms. The van der Waals surface area contributed by atoms with Crippen molar-refractivity contribution in [2.24, 2.45) is 5.10 Å². The summed E-state index contributed by atoms with van der Waals surface area (Å²) < 4.78 is 20.6. The second kappa shape index (κ2) is 8.61. The summed E-state index contributed by atoms with van der Waals surface area (Å²) >= 11 is 0. The van der Waals surface area contributed by atoms with Gasteiger partial charge in [-0.25, -0.2) is 9.82 Å². The second-order valence-electron chi connectivity index (χ2n) is 6.82. The molecular weight excluding hydrogens is 381 g/mol. The maximum atomic E-state index is 13.4. The molecule has 0 aliphatic heterocycles. The van der Waals surface area contributed by atoms with Gasteiger partial charge in [0, 0.05) is 29.2 Å². The highest BCUT2D eigenvalue weighted by Crippen LogP contribution is 2.19. The maximum Gasteiger partial charge on any atom is 0.271 e. The standard InChI is InChI=1S/C24H20FN3O2/c1-30-22-8-6-19(7-9-22)24(29)27-26-15-17-5-10-23-20(13-17)11-12-28(23)16-18-3-2-4-21(25)14-18/h2-15H,16H2,1H3,(H,27,29)/b26-15+. The number of fused-ring (bicyclic) bond motifs is 1. The molecule has 1 heterocycles. The molecular formula is C24H20FN3O2. The Kier molecular flexibility index (Phi) is 5.57. The first-order valence-electron chi connectivity index (χ1n) is 9.43. The van der Waals surface area contributed by atoms with Gasteiger partial charge < -0.3 is 9.30 Å². The molecule has 4 rings (SSSR count). The number of methoxy groups -OCH3 is 1. The smallest absolute Gasteiger partial charge is 0.271 e. The van der Waals surface area contributed by atoms with E-state index < -0.39 is 0 Å². The average Bonchev–Trinajstić information content (AvgIpc) is 3.15. The Labute approximate surface area is 173 Å². The first-order valence-corrected chi connectivity index (χ1v) is 9.43. The van der Waals surface area contributed by atoms with E-state index in [2.05, 4.69) is 15.1 Å². The number of carbonyl (C=O) groups excluding carboxylic acids is 1. The Balaban J connectivity index is 1.44. The molecule has 1 amide bonds. The molecule has 0 atom stereocenters. The lowest BCUT2D eigenvalue weighted by atomic mass is 10.1. The molecule has 5 nitrogen and oxygen atoms in total. The molecule has 4 aromatic rings. The lowest BCUT2D eigenvalue weighted by Gasteiger charge is -2.06. The predicted octanol–water partition coefficient (Wildman–Crippen LogP) is 4.60. The van der Waals surface area contributed by atoms with Crippen molar-refractivity contribution in [2.75, 3.05) is 7.11 Å². The van der Waals surface area contributed by atoms with Gasteiger partial charge >= 0.3 is 0 Å². The summed E-state index contributed by atoms with van der Waals surface area (Å²) in [6.45, 7) is 0.590. The summed E-state index contributed by atoms with van der Waals surface area (Å²) in [7, 11) is 1.58. The van der Waals surface area contributed by atoms with E-state index >= 15 is 0 Å². The molecule has 0 spiro atoms. The SMILES string of the molecule is COc1ccc(C(=O)N/N=C/c2ccc3c(ccn3Cc3cccc(F)c3)c2)cc1. The first kappa shape index (κ1) is 19.4. The van der Waals surface area contributed by atoms with Crippen LogP contribution in [-0.2, 0) is 6.54 Å². The van der Waals surface area contributed by atoms with Crippen molar-refractivity contribution in [1.82, 2.24) is 9.99 Å². The molecule has 0 aliphatic rings. The van der Waals surface area contributed by atoms with Crippen molar-refractivity contribution < 1.29 is 13.9 Å². The molecule has 0 saturated carbocycles. The van der Waals surface area contributed by atoms with Crippen LogP contribution in [0.25, 0.3) is 10.9 Å². The van der Waals surface area contributed by atoms with E-state index in [1.54, 1.807) is 49.7 Å². The lowest BCUT2D eigenvalue weighted by Crippen LogP contribution is -2.17. The van der Waals surface area contributed by atoms with Crippen molar-refractivity contribution in [1.29, 1.82) is 0 Å². The molecule has 0 saturated heterocycles. The van der Waals surface area contributed by atoms with Gasteiger partial charge in [-0.1, -0.05) is 18.2 Å². The third-order valence-electron chi connectivity index (χ3n) is 4.77. The summed E-state index contributed by atoms with van der Waals surface area (Å²) in [5.74, 6) is 0.156. The van der Waals surface area contributed by atoms with Gasteiger partial charge in [-0.2, -0.15) is 5.10 Å². The van der Waals surface area contributed by atoms with Crippen LogP contribution >= 0.6 is 0 Å². The molecule has 1 N–H and O–H groups in total. The van der Waals surface area contributed by atoms with E-state index in [-0.39, 0.29) is 11.7 Å². The fourth-order valence-corrected chi connectivity index (χ4v) is 3.24. The fraction of sp³-hybridized carbons (Fsp3) is 0.0833. The van der Waals surface area contributed by atoms with Crippen LogP contribution in [0.3, 0.4) is 0 Å². The van der Waals surface area contributed by atoms with Gasteiger partial charge in [-0.3, -0.25) is 4.79 Å². The van der Waals surface area contributed by atoms with Crippen LogP contribution < -0.4 is 10.2 Å². The van der Waals surface area contributed by atoms with Crippen LogP contribution in [0.5, 0.6) is 5.75 Å². The molecule has 3 aromatic carbocycles. The van der Waals surface area contributed by atoms with Gasteiger partial charge in [0.15, 0.2) is 0 Å². The largest absolute Gasteiger partial charge is 0.497 e. The number of nitrogens with one attached hydrogen (secondary N) is 1. The number of amides is 1. The van der Waals surface area contributed by atoms with Crippen molar-refractivity contribution in [3.63, 3.8) is 0 Å². The summed E-state index contributed by atoms with van der Waals surface area (Å²) in [6, 6.07) is 21.3. The molecule has 30 heavy (non-hydrogen) atoms. The number of rotatable bonds is 6. The van der Waals surface area contributed by atoms with Crippen molar-refractivity contribution in [3.8, 4) is 5.75 Å². The van der Waals surface area contributed by atoms with Gasteiger partial charge in [0.25, 0.3) is 5.91 Å². The van der Waals surface area contributed by atoms with Crippen molar-refractivity contribution in [2.45, 2.75) is 6.54 Å². The van der Waals surface area contributed by atoms with Gasteiger partial charge in [-0.15, -0.1) is 0 Å². The molecule has 0 fully saturated rings. The number of ether oxygens (including phenoxy) is 1. The molecule has 1 aromatic heterocycles. The summed E-state index contributed by atoms with van der Waals surface area (Å²) in [4.78, 5) is 12.2. The highest BCUT2D eigenvalue weighted by atomic mass is 19.1. The highest BCUT2D eigenvalue weighted by molar-refractivity contribution is 5.95. The number of hydrogen-bond acceptors (Lipinski definition) is 3. The predicted molar refractivity (Wildman–Crippen MR) is 115 cm³/mol. The average molecular weight is 401 g/mol. The third kappa shape index (κ3) is 4.38. The highest BCUT2D eigenvalue weighted by Gasteiger charge is 2.05. The zero-order valence-electron chi connectivity index (χ0n) is 16.4. The van der Waals surface area contributed by atoms with Crippen molar-refractivity contribution >= 4 is 23.0 Å². The van der Waals surface area contributed by atoms with E-state index in [0.29, 0.717) is 17.9 Å². The van der Waals surface area contributed by atoms with Crippen LogP contribution in [-0.4, -0.2) is 23.8 Å². The minimum absolute atomic E-state index is 0.237. The fourth-order valence-electron chi connectivity index (χ4n) is 3.24. The maximum absolute atomic E-state index is 13.4. The topological polar surface area (TPSA) is 55.6 Å². The van der Waals surface area contributed by atoms with E-state index in [9.17, 15) is 9.18 Å². The zero-order chi connectivity index (χ0) is 20.9. The molecule has 0 aliphatic carbocycles. The van der Waals surface area contributed by atoms with E-state index in [0.717, 1.165) is 22.0 Å². The molecule has 150 valence electrons. The summed E-state index contributed by atoms with van der Waals surface area (Å²) in [5, 5.41) is 5.09. The van der Waals surface area contributed by atoms with Gasteiger partial charge in [0.1, 0.15) is 11.6 Å². The Morgan fingerprint density at radius 2 is 1.93 bits per heavy atom. The van der Waals surface area contributed by atoms with Gasteiger partial charge in [0.05, 0.1) is 13.3 Å². The molecule has 6 heteroatoms. The van der Waals surface area contributed by atoms with E-state index in [4.69, 9.17) is 4.74 Å². The summed E-state index contributed by atoms with van der Waals surface area (Å²) in [5.41, 5.74) is 5.83.